The number of aliphatic hydroxyl groups is 2. The van der Waals surface area contributed by atoms with Crippen LogP contribution in [0.25, 0.3) is 0 Å². The normalized spacial score (nSPS) is 15.5. The number of hydrogen-bond acceptors (Lipinski definition) is 4. The Morgan fingerprint density at radius 2 is 2.09 bits per heavy atom. The smallest absolute Gasteiger partial charge is 0.161 e. The molecule has 4 nitrogen and oxygen atoms in total. The summed E-state index contributed by atoms with van der Waals surface area (Å²) in [5, 5.41) is 17.4. The van der Waals surface area contributed by atoms with Crippen molar-refractivity contribution in [1.29, 1.82) is 0 Å². The Balaban J connectivity index is 3.54. The third-order valence-corrected chi connectivity index (χ3v) is 1.31. The molecule has 0 aromatic rings. The second-order valence-corrected chi connectivity index (χ2v) is 2.38. The van der Waals surface area contributed by atoms with E-state index in [4.69, 9.17) is 10.2 Å². The Morgan fingerprint density at radius 3 is 2.45 bits per heavy atom. The molecule has 0 rings (SSSR count). The number of aliphatic hydroxyl groups excluding tert-OH is 2. The van der Waals surface area contributed by atoms with Gasteiger partial charge in [0.1, 0.15) is 18.5 Å². The molecule has 0 aliphatic carbocycles. The summed E-state index contributed by atoms with van der Waals surface area (Å²) in [4.78, 5) is 20.5. The molecule has 4 heteroatoms. The summed E-state index contributed by atoms with van der Waals surface area (Å²) in [6.07, 6.45) is -1.59. The maximum absolute atomic E-state index is 10.7. The van der Waals surface area contributed by atoms with E-state index < -0.39 is 12.2 Å². The van der Waals surface area contributed by atoms with Gasteiger partial charge in [-0.1, -0.05) is 0 Å². The van der Waals surface area contributed by atoms with E-state index >= 15 is 0 Å². The minimum absolute atomic E-state index is 0.0393. The monoisotopic (exact) mass is 160 g/mol. The molecule has 0 radical (unpaired) electrons. The van der Waals surface area contributed by atoms with Gasteiger partial charge in [-0.2, -0.15) is 0 Å². The third-order valence-electron chi connectivity index (χ3n) is 1.31. The van der Waals surface area contributed by atoms with Crippen molar-refractivity contribution in [2.24, 2.45) is 0 Å². The highest BCUT2D eigenvalue weighted by atomic mass is 16.3. The van der Waals surface area contributed by atoms with E-state index in [1.807, 2.05) is 0 Å². The van der Waals surface area contributed by atoms with Crippen LogP contribution >= 0.6 is 0 Å². The molecule has 0 aromatic carbocycles. The minimum atomic E-state index is -1.09. The Kier molecular flexibility index (Phi) is 4.65. The van der Waals surface area contributed by atoms with Crippen LogP contribution in [-0.2, 0) is 9.59 Å². The first kappa shape index (κ1) is 10.3. The Labute approximate surface area is 64.8 Å². The van der Waals surface area contributed by atoms with Crippen molar-refractivity contribution in [2.75, 3.05) is 0 Å². The Morgan fingerprint density at radius 1 is 1.55 bits per heavy atom. The molecule has 2 atom stereocenters. The number of carbonyl (C=O) groups is 2. The zero-order valence-corrected chi connectivity index (χ0v) is 6.36. The lowest BCUT2D eigenvalue weighted by Crippen LogP contribution is -2.18. The maximum Gasteiger partial charge on any atom is 0.161 e. The molecular formula is C7H12O4. The first-order chi connectivity index (χ1) is 5.07. The predicted octanol–water partition coefficient (Wildman–Crippen LogP) is -0.724. The van der Waals surface area contributed by atoms with Crippen LogP contribution in [0.2, 0.25) is 0 Å². The van der Waals surface area contributed by atoms with Gasteiger partial charge in [-0.15, -0.1) is 0 Å². The molecule has 0 amide bonds. The fourth-order valence-electron chi connectivity index (χ4n) is 0.567. The number of carbonyl (C=O) groups excluding carboxylic acids is 2. The van der Waals surface area contributed by atoms with Crippen molar-refractivity contribution in [3.8, 4) is 0 Å². The van der Waals surface area contributed by atoms with Crippen molar-refractivity contribution < 1.29 is 19.8 Å². The van der Waals surface area contributed by atoms with Crippen LogP contribution in [0, 0.1) is 0 Å². The molecule has 2 N–H and O–H groups in total. The lowest BCUT2D eigenvalue weighted by atomic mass is 10.1. The van der Waals surface area contributed by atoms with E-state index in [0.29, 0.717) is 6.29 Å². The lowest BCUT2D eigenvalue weighted by Gasteiger charge is -2.03. The molecule has 11 heavy (non-hydrogen) atoms. The van der Waals surface area contributed by atoms with Crippen molar-refractivity contribution in [2.45, 2.75) is 32.0 Å². The molecule has 64 valence electrons. The van der Waals surface area contributed by atoms with Crippen LogP contribution in [0.4, 0.5) is 0 Å². The second kappa shape index (κ2) is 4.98. The van der Waals surface area contributed by atoms with Crippen LogP contribution < -0.4 is 0 Å². The van der Waals surface area contributed by atoms with Crippen molar-refractivity contribution in [1.82, 2.24) is 0 Å². The zero-order valence-electron chi connectivity index (χ0n) is 6.36. The summed E-state index contributed by atoms with van der Waals surface area (Å²) < 4.78 is 0. The average molecular weight is 160 g/mol. The molecule has 0 spiro atoms. The van der Waals surface area contributed by atoms with Crippen LogP contribution in [0.3, 0.4) is 0 Å². The molecule has 0 bridgehead atoms. The topological polar surface area (TPSA) is 74.6 Å². The summed E-state index contributed by atoms with van der Waals surface area (Å²) in [7, 11) is 0. The van der Waals surface area contributed by atoms with E-state index in [1.165, 1.54) is 6.92 Å². The number of rotatable bonds is 5. The van der Waals surface area contributed by atoms with Gasteiger partial charge in [0, 0.05) is 6.42 Å². The predicted molar refractivity (Wildman–Crippen MR) is 38.0 cm³/mol. The SMILES string of the molecule is CC(O)C(=O)CCC(O)C=O. The van der Waals surface area contributed by atoms with Gasteiger partial charge in [-0.05, 0) is 13.3 Å². The zero-order chi connectivity index (χ0) is 8.85. The fraction of sp³-hybridized carbons (Fsp3) is 0.714. The van der Waals surface area contributed by atoms with Gasteiger partial charge in [0.25, 0.3) is 0 Å². The first-order valence-electron chi connectivity index (χ1n) is 3.42. The number of hydrogen-bond donors (Lipinski definition) is 2. The van der Waals surface area contributed by atoms with Gasteiger partial charge in [-0.25, -0.2) is 0 Å². The lowest BCUT2D eigenvalue weighted by molar-refractivity contribution is -0.127. The molecule has 0 aliphatic rings. The van der Waals surface area contributed by atoms with E-state index in [1.54, 1.807) is 0 Å². The Bertz CT molecular complexity index is 141. The summed E-state index contributed by atoms with van der Waals surface area (Å²) in [5.74, 6) is -0.356. The van der Waals surface area contributed by atoms with Gasteiger partial charge < -0.3 is 15.0 Å². The summed E-state index contributed by atoms with van der Waals surface area (Å²) in [6, 6.07) is 0. The van der Waals surface area contributed by atoms with Gasteiger partial charge in [0.2, 0.25) is 0 Å². The van der Waals surface area contributed by atoms with Crippen molar-refractivity contribution in [3.63, 3.8) is 0 Å². The van der Waals surface area contributed by atoms with E-state index in [9.17, 15) is 9.59 Å². The minimum Gasteiger partial charge on any atom is -0.386 e. The Hall–Kier alpha value is -0.740. The molecular weight excluding hydrogens is 148 g/mol. The maximum atomic E-state index is 10.7. The van der Waals surface area contributed by atoms with Gasteiger partial charge in [0.15, 0.2) is 5.78 Å². The molecule has 0 aliphatic heterocycles. The average Bonchev–Trinajstić information content (AvgIpc) is 1.99. The number of aldehydes is 1. The van der Waals surface area contributed by atoms with Crippen LogP contribution in [0.1, 0.15) is 19.8 Å². The quantitative estimate of drug-likeness (QED) is 0.520. The molecule has 2 unspecified atom stereocenters. The summed E-state index contributed by atoms with van der Waals surface area (Å²) in [6.45, 7) is 1.36. The molecule has 0 heterocycles. The van der Waals surface area contributed by atoms with Crippen LogP contribution in [-0.4, -0.2) is 34.5 Å². The second-order valence-electron chi connectivity index (χ2n) is 2.38. The molecule has 0 fully saturated rings. The molecule has 0 saturated heterocycles. The highest BCUT2D eigenvalue weighted by Crippen LogP contribution is 1.98. The fourth-order valence-corrected chi connectivity index (χ4v) is 0.567. The summed E-state index contributed by atoms with van der Waals surface area (Å²) in [5.41, 5.74) is 0. The van der Waals surface area contributed by atoms with E-state index in [0.717, 1.165) is 0 Å². The first-order valence-corrected chi connectivity index (χ1v) is 3.42. The molecule has 0 aromatic heterocycles. The molecule has 0 saturated carbocycles. The summed E-state index contributed by atoms with van der Waals surface area (Å²) >= 11 is 0. The third kappa shape index (κ3) is 4.64. The van der Waals surface area contributed by atoms with Crippen LogP contribution in [0.15, 0.2) is 0 Å². The van der Waals surface area contributed by atoms with Gasteiger partial charge in [0.05, 0.1) is 0 Å². The van der Waals surface area contributed by atoms with Crippen molar-refractivity contribution in [3.05, 3.63) is 0 Å². The van der Waals surface area contributed by atoms with Gasteiger partial charge >= 0.3 is 0 Å². The van der Waals surface area contributed by atoms with Crippen molar-refractivity contribution >= 4 is 12.1 Å². The highest BCUT2D eigenvalue weighted by Gasteiger charge is 2.10. The largest absolute Gasteiger partial charge is 0.386 e. The van der Waals surface area contributed by atoms with Gasteiger partial charge in [-0.3, -0.25) is 4.79 Å². The van der Waals surface area contributed by atoms with E-state index in [2.05, 4.69) is 0 Å². The standard InChI is InChI=1S/C7H12O4/c1-5(9)7(11)3-2-6(10)4-8/h4-6,9-10H,2-3H2,1H3. The van der Waals surface area contributed by atoms with E-state index in [-0.39, 0.29) is 18.6 Å². The number of ketones is 1. The number of Topliss-reactive ketones (excluding diaryl/α,β-unsaturated/α-hetero) is 1. The highest BCUT2D eigenvalue weighted by molar-refractivity contribution is 5.82. The van der Waals surface area contributed by atoms with Crippen LogP contribution in [0.5, 0.6) is 0 Å².